The van der Waals surface area contributed by atoms with Crippen molar-refractivity contribution in [2.75, 3.05) is 10.6 Å². The second-order valence-electron chi connectivity index (χ2n) is 8.41. The third kappa shape index (κ3) is 4.51. The van der Waals surface area contributed by atoms with Gasteiger partial charge in [-0.25, -0.2) is 18.4 Å². The van der Waals surface area contributed by atoms with E-state index in [-0.39, 0.29) is 21.9 Å². The second-order valence-corrected chi connectivity index (χ2v) is 11.4. The van der Waals surface area contributed by atoms with Gasteiger partial charge in [0.05, 0.1) is 21.6 Å². The van der Waals surface area contributed by atoms with Gasteiger partial charge < -0.3 is 15.7 Å². The number of fused-ring (bicyclic) bond motifs is 1. The van der Waals surface area contributed by atoms with Crippen LogP contribution in [0.2, 0.25) is 0 Å². The highest BCUT2D eigenvalue weighted by Crippen LogP contribution is 2.33. The highest BCUT2D eigenvalue weighted by atomic mass is 32.2. The Hall–Kier alpha value is -2.49. The summed E-state index contributed by atoms with van der Waals surface area (Å²) in [5.74, 6) is 0.961. The summed E-state index contributed by atoms with van der Waals surface area (Å²) in [5, 5.41) is 17.1. The molecule has 5 rings (SSSR count). The molecule has 0 atom stereocenters. The maximum Gasteiger partial charge on any atom is 0.206 e. The molecule has 2 aliphatic rings. The first-order chi connectivity index (χ1) is 15.5. The largest absolute Gasteiger partial charge is 0.393 e. The summed E-state index contributed by atoms with van der Waals surface area (Å²) >= 11 is 1.61. The van der Waals surface area contributed by atoms with E-state index in [2.05, 4.69) is 20.6 Å². The number of benzene rings is 1. The Bertz CT molecular complexity index is 1180. The molecular weight excluding hydrogens is 444 g/mol. The average molecular weight is 471 g/mol. The fraction of sp³-hybridized carbons (Fsp3) is 0.391. The number of thiazole rings is 1. The monoisotopic (exact) mass is 470 g/mol. The molecule has 0 aliphatic heterocycles. The number of aliphatic hydroxyl groups excluding tert-OH is 1. The van der Waals surface area contributed by atoms with Gasteiger partial charge >= 0.3 is 0 Å². The predicted octanol–water partition coefficient (Wildman–Crippen LogP) is 4.32. The average Bonchev–Trinajstić information content (AvgIpc) is 3.38. The molecule has 2 heterocycles. The van der Waals surface area contributed by atoms with E-state index in [9.17, 15) is 13.5 Å². The van der Waals surface area contributed by atoms with Crippen LogP contribution in [0.5, 0.6) is 0 Å². The Morgan fingerprint density at radius 2 is 1.69 bits per heavy atom. The molecule has 0 saturated heterocycles. The lowest BCUT2D eigenvalue weighted by Crippen LogP contribution is -2.28. The maximum atomic E-state index is 13.3. The van der Waals surface area contributed by atoms with Gasteiger partial charge in [0.1, 0.15) is 11.6 Å². The summed E-state index contributed by atoms with van der Waals surface area (Å²) < 4.78 is 26.6. The molecule has 1 aromatic carbocycles. The molecule has 0 spiro atoms. The Labute approximate surface area is 191 Å². The molecule has 7 nitrogen and oxygen atoms in total. The third-order valence-electron chi connectivity index (χ3n) is 6.04. The number of sulfone groups is 1. The molecule has 32 heavy (non-hydrogen) atoms. The van der Waals surface area contributed by atoms with Crippen molar-refractivity contribution in [1.29, 1.82) is 0 Å². The fourth-order valence-electron chi connectivity index (χ4n) is 4.32. The van der Waals surface area contributed by atoms with Gasteiger partial charge in [-0.15, -0.1) is 11.3 Å². The van der Waals surface area contributed by atoms with E-state index in [4.69, 9.17) is 0 Å². The molecule has 0 radical (unpaired) electrons. The molecular formula is C23H26N4O3S2. The molecule has 3 N–H and O–H groups in total. The van der Waals surface area contributed by atoms with Gasteiger partial charge in [-0.2, -0.15) is 0 Å². The number of hydrogen-bond donors (Lipinski definition) is 3. The number of hydrogen-bond acceptors (Lipinski definition) is 8. The van der Waals surface area contributed by atoms with Gasteiger partial charge in [-0.1, -0.05) is 18.2 Å². The van der Waals surface area contributed by atoms with Gasteiger partial charge in [0.15, 0.2) is 5.13 Å². The smallest absolute Gasteiger partial charge is 0.206 e. The summed E-state index contributed by atoms with van der Waals surface area (Å²) in [6.07, 6.45) is 6.03. The zero-order valence-corrected chi connectivity index (χ0v) is 19.3. The fourth-order valence-corrected chi connectivity index (χ4v) is 6.69. The van der Waals surface area contributed by atoms with Crippen LogP contribution < -0.4 is 10.6 Å². The minimum atomic E-state index is -3.70. The van der Waals surface area contributed by atoms with Gasteiger partial charge in [0.25, 0.3) is 0 Å². The van der Waals surface area contributed by atoms with Crippen LogP contribution in [0.3, 0.4) is 0 Å². The number of nitrogens with one attached hydrogen (secondary N) is 2. The van der Waals surface area contributed by atoms with E-state index in [1.165, 1.54) is 4.88 Å². The molecule has 1 saturated carbocycles. The van der Waals surface area contributed by atoms with Gasteiger partial charge in [0.2, 0.25) is 9.84 Å². The Morgan fingerprint density at radius 3 is 2.44 bits per heavy atom. The molecule has 1 fully saturated rings. The Balaban J connectivity index is 1.48. The van der Waals surface area contributed by atoms with Crippen LogP contribution in [0.4, 0.5) is 16.8 Å². The van der Waals surface area contributed by atoms with Crippen LogP contribution in [0.15, 0.2) is 52.3 Å². The zero-order chi connectivity index (χ0) is 22.1. The van der Waals surface area contributed by atoms with Crippen molar-refractivity contribution in [1.82, 2.24) is 9.97 Å². The van der Waals surface area contributed by atoms with E-state index in [1.807, 2.05) is 0 Å². The first-order valence-corrected chi connectivity index (χ1v) is 13.3. The lowest BCUT2D eigenvalue weighted by molar-refractivity contribution is 0.126. The van der Waals surface area contributed by atoms with E-state index in [0.717, 1.165) is 55.8 Å². The van der Waals surface area contributed by atoms with E-state index in [0.29, 0.717) is 11.6 Å². The summed E-state index contributed by atoms with van der Waals surface area (Å²) in [4.78, 5) is 11.0. The third-order valence-corrected chi connectivity index (χ3v) is 8.86. The van der Waals surface area contributed by atoms with Crippen molar-refractivity contribution in [3.63, 3.8) is 0 Å². The predicted molar refractivity (Wildman–Crippen MR) is 125 cm³/mol. The summed E-state index contributed by atoms with van der Waals surface area (Å²) in [5.41, 5.74) is 1.13. The van der Waals surface area contributed by atoms with Crippen LogP contribution in [-0.2, 0) is 22.7 Å². The zero-order valence-electron chi connectivity index (χ0n) is 17.6. The lowest BCUT2D eigenvalue weighted by Gasteiger charge is -2.26. The second kappa shape index (κ2) is 8.80. The maximum absolute atomic E-state index is 13.3. The SMILES string of the molecule is O=S(=O)(c1ccccc1)c1cc(Nc2nc3c(s2)CCC3)nc(NC2CCC(O)CC2)c1. The lowest BCUT2D eigenvalue weighted by atomic mass is 9.93. The quantitative estimate of drug-likeness (QED) is 0.493. The molecule has 168 valence electrons. The number of nitrogens with zero attached hydrogens (tertiary/aromatic N) is 2. The van der Waals surface area contributed by atoms with Gasteiger partial charge in [0, 0.05) is 17.0 Å². The Morgan fingerprint density at radius 1 is 0.938 bits per heavy atom. The highest BCUT2D eigenvalue weighted by molar-refractivity contribution is 7.91. The first kappa shape index (κ1) is 21.4. The highest BCUT2D eigenvalue weighted by Gasteiger charge is 2.23. The van der Waals surface area contributed by atoms with Crippen molar-refractivity contribution in [2.45, 2.75) is 66.9 Å². The number of aryl methyl sites for hydroxylation is 2. The number of aromatic nitrogens is 2. The number of pyridine rings is 1. The molecule has 2 aliphatic carbocycles. The molecule has 9 heteroatoms. The number of aliphatic hydroxyl groups is 1. The first-order valence-electron chi connectivity index (χ1n) is 11.0. The van der Waals surface area contributed by atoms with Crippen molar-refractivity contribution in [3.05, 3.63) is 53.0 Å². The molecule has 0 amide bonds. The minimum absolute atomic E-state index is 0.150. The van der Waals surface area contributed by atoms with Crippen LogP contribution in [0.1, 0.15) is 42.7 Å². The number of rotatable bonds is 6. The van der Waals surface area contributed by atoms with Crippen molar-refractivity contribution in [2.24, 2.45) is 0 Å². The normalized spacial score (nSPS) is 20.7. The Kier molecular flexibility index (Phi) is 5.88. The molecule has 2 aromatic heterocycles. The molecule has 0 bridgehead atoms. The van der Waals surface area contributed by atoms with Crippen LogP contribution in [-0.4, -0.2) is 35.6 Å². The van der Waals surface area contributed by atoms with E-state index in [1.54, 1.807) is 53.8 Å². The van der Waals surface area contributed by atoms with Crippen molar-refractivity contribution < 1.29 is 13.5 Å². The summed E-state index contributed by atoms with van der Waals surface area (Å²) in [6.45, 7) is 0. The van der Waals surface area contributed by atoms with Crippen molar-refractivity contribution in [3.8, 4) is 0 Å². The number of anilines is 3. The van der Waals surface area contributed by atoms with Gasteiger partial charge in [-0.3, -0.25) is 0 Å². The van der Waals surface area contributed by atoms with E-state index >= 15 is 0 Å². The topological polar surface area (TPSA) is 104 Å². The summed E-state index contributed by atoms with van der Waals surface area (Å²) in [6, 6.07) is 11.8. The van der Waals surface area contributed by atoms with Crippen molar-refractivity contribution >= 4 is 37.9 Å². The van der Waals surface area contributed by atoms with Gasteiger partial charge in [-0.05, 0) is 63.1 Å². The minimum Gasteiger partial charge on any atom is -0.393 e. The standard InChI is InChI=1S/C23H26N4O3S2/c28-16-11-9-15(10-12-16)24-21-13-18(32(29,30)17-5-2-1-3-6-17)14-22(26-21)27-23-25-19-7-4-8-20(19)31-23/h1-3,5-6,13-16,28H,4,7-12H2,(H2,24,25,26,27). The summed E-state index contributed by atoms with van der Waals surface area (Å²) in [7, 11) is -3.70. The van der Waals surface area contributed by atoms with Crippen LogP contribution in [0, 0.1) is 0 Å². The van der Waals surface area contributed by atoms with Crippen LogP contribution >= 0.6 is 11.3 Å². The molecule has 0 unspecified atom stereocenters. The van der Waals surface area contributed by atoms with Crippen LogP contribution in [0.25, 0.3) is 0 Å². The molecule has 3 aromatic rings. The van der Waals surface area contributed by atoms with E-state index < -0.39 is 9.84 Å².